The van der Waals surface area contributed by atoms with E-state index < -0.39 is 10.0 Å². The Labute approximate surface area is 169 Å². The third-order valence-corrected chi connectivity index (χ3v) is 5.85. The first-order valence-electron chi connectivity index (χ1n) is 8.63. The first kappa shape index (κ1) is 20.4. The van der Waals surface area contributed by atoms with E-state index in [1.54, 1.807) is 36.2 Å². The number of nitrogens with zero attached hydrogens (tertiary/aromatic N) is 1. The highest BCUT2D eigenvalue weighted by Gasteiger charge is 2.22. The highest BCUT2D eigenvalue weighted by atomic mass is 35.5. The van der Waals surface area contributed by atoms with Gasteiger partial charge < -0.3 is 14.4 Å². The van der Waals surface area contributed by atoms with Gasteiger partial charge in [0.1, 0.15) is 13.2 Å². The molecule has 2 N–H and O–H groups in total. The second-order valence-electron chi connectivity index (χ2n) is 6.58. The van der Waals surface area contributed by atoms with Crippen LogP contribution in [-0.4, -0.2) is 39.5 Å². The molecule has 1 aliphatic rings. The number of nitrogens with two attached hydrogens (primary N) is 1. The Bertz CT molecular complexity index is 1010. The maximum atomic E-state index is 12.8. The Hall–Kier alpha value is -2.29. The molecule has 1 amide bonds. The number of rotatable bonds is 5. The largest absolute Gasteiger partial charge is 0.486 e. The lowest BCUT2D eigenvalue weighted by molar-refractivity contribution is -0.131. The Morgan fingerprint density at radius 1 is 1.25 bits per heavy atom. The normalized spacial score (nSPS) is 14.4. The van der Waals surface area contributed by atoms with E-state index in [0.717, 1.165) is 0 Å². The van der Waals surface area contributed by atoms with Gasteiger partial charge in [0, 0.05) is 7.05 Å². The predicted octanol–water partition coefficient (Wildman–Crippen LogP) is 2.52. The van der Waals surface area contributed by atoms with Gasteiger partial charge in [-0.25, -0.2) is 13.6 Å². The fraction of sp³-hybridized carbons (Fsp3) is 0.316. The molecule has 7 nitrogen and oxygen atoms in total. The highest BCUT2D eigenvalue weighted by molar-refractivity contribution is 7.89. The van der Waals surface area contributed by atoms with E-state index in [4.69, 9.17) is 26.2 Å². The van der Waals surface area contributed by atoms with E-state index in [1.807, 2.05) is 6.92 Å². The summed E-state index contributed by atoms with van der Waals surface area (Å²) in [6.45, 7) is 2.68. The quantitative estimate of drug-likeness (QED) is 0.795. The average molecular weight is 425 g/mol. The maximum Gasteiger partial charge on any atom is 0.238 e. The number of carbonyl (C=O) groups excluding carboxylic acids is 1. The summed E-state index contributed by atoms with van der Waals surface area (Å²) < 4.78 is 34.2. The van der Waals surface area contributed by atoms with Crippen molar-refractivity contribution < 1.29 is 22.7 Å². The van der Waals surface area contributed by atoms with Crippen molar-refractivity contribution in [1.29, 1.82) is 0 Å². The van der Waals surface area contributed by atoms with E-state index in [0.29, 0.717) is 40.9 Å². The molecule has 28 heavy (non-hydrogen) atoms. The molecule has 2 aromatic rings. The number of halogens is 1. The van der Waals surface area contributed by atoms with Crippen LogP contribution in [0, 0.1) is 0 Å². The molecule has 0 aromatic heterocycles. The summed E-state index contributed by atoms with van der Waals surface area (Å²) in [6, 6.07) is 9.34. The molecule has 3 rings (SSSR count). The van der Waals surface area contributed by atoms with E-state index in [-0.39, 0.29) is 23.3 Å². The van der Waals surface area contributed by atoms with Crippen molar-refractivity contribution >= 4 is 27.5 Å². The van der Waals surface area contributed by atoms with Crippen molar-refractivity contribution in [2.75, 3.05) is 20.3 Å². The Morgan fingerprint density at radius 2 is 1.96 bits per heavy atom. The van der Waals surface area contributed by atoms with E-state index in [9.17, 15) is 13.2 Å². The van der Waals surface area contributed by atoms with Gasteiger partial charge in [-0.3, -0.25) is 4.79 Å². The second-order valence-corrected chi connectivity index (χ2v) is 8.55. The number of likely N-dealkylation sites (N-methyl/N-ethyl adjacent to an activating group) is 1. The van der Waals surface area contributed by atoms with Gasteiger partial charge in [-0.2, -0.15) is 0 Å². The molecule has 150 valence electrons. The summed E-state index contributed by atoms with van der Waals surface area (Å²) in [7, 11) is -2.15. The Balaban J connectivity index is 1.77. The molecule has 1 atom stereocenters. The standard InChI is InChI=1S/C19H21ClN2O5S/c1-12(14-4-3-5-15(11-14)28(21,24)25)22(2)18(23)10-13-8-16(20)19-17(9-13)26-6-7-27-19/h3-5,8-9,11-12H,6-7,10H2,1-2H3,(H2,21,24,25). The zero-order valence-corrected chi connectivity index (χ0v) is 17.1. The lowest BCUT2D eigenvalue weighted by atomic mass is 10.1. The van der Waals surface area contributed by atoms with E-state index >= 15 is 0 Å². The summed E-state index contributed by atoms with van der Waals surface area (Å²) in [5.74, 6) is 0.866. The number of primary sulfonamides is 1. The van der Waals surface area contributed by atoms with Crippen LogP contribution in [0.1, 0.15) is 24.1 Å². The van der Waals surface area contributed by atoms with Crippen molar-refractivity contribution in [3.8, 4) is 11.5 Å². The van der Waals surface area contributed by atoms with Crippen LogP contribution in [0.25, 0.3) is 0 Å². The minimum absolute atomic E-state index is 0.0105. The van der Waals surface area contributed by atoms with Crippen LogP contribution in [0.15, 0.2) is 41.3 Å². The van der Waals surface area contributed by atoms with Crippen LogP contribution in [0.2, 0.25) is 5.02 Å². The van der Waals surface area contributed by atoms with Crippen molar-refractivity contribution in [1.82, 2.24) is 4.90 Å². The van der Waals surface area contributed by atoms with E-state index in [1.165, 1.54) is 12.1 Å². The molecule has 1 heterocycles. The molecule has 1 aliphatic heterocycles. The molecule has 0 saturated carbocycles. The second kappa shape index (κ2) is 7.98. The van der Waals surface area contributed by atoms with Crippen LogP contribution < -0.4 is 14.6 Å². The summed E-state index contributed by atoms with van der Waals surface area (Å²) in [5, 5.41) is 5.59. The van der Waals surface area contributed by atoms with Gasteiger partial charge >= 0.3 is 0 Å². The maximum absolute atomic E-state index is 12.8. The van der Waals surface area contributed by atoms with E-state index in [2.05, 4.69) is 0 Å². The Kier molecular flexibility index (Phi) is 5.83. The zero-order valence-electron chi connectivity index (χ0n) is 15.5. The topological polar surface area (TPSA) is 98.9 Å². The van der Waals surface area contributed by atoms with Crippen molar-refractivity contribution in [3.63, 3.8) is 0 Å². The number of fused-ring (bicyclic) bond motifs is 1. The first-order chi connectivity index (χ1) is 13.2. The van der Waals surface area contributed by atoms with Gasteiger partial charge in [0.2, 0.25) is 15.9 Å². The fourth-order valence-corrected chi connectivity index (χ4v) is 3.81. The molecule has 2 aromatic carbocycles. The van der Waals surface area contributed by atoms with Crippen molar-refractivity contribution in [3.05, 3.63) is 52.5 Å². The van der Waals surface area contributed by atoms with Crippen LogP contribution in [-0.2, 0) is 21.2 Å². The SMILES string of the molecule is CC(c1cccc(S(N)(=O)=O)c1)N(C)C(=O)Cc1cc(Cl)c2c(c1)OCCO2. The van der Waals surface area contributed by atoms with Crippen LogP contribution in [0.5, 0.6) is 11.5 Å². The summed E-state index contributed by atoms with van der Waals surface area (Å²) >= 11 is 6.23. The van der Waals surface area contributed by atoms with Gasteiger partial charge in [-0.1, -0.05) is 23.7 Å². The smallest absolute Gasteiger partial charge is 0.238 e. The third kappa shape index (κ3) is 4.40. The van der Waals surface area contributed by atoms with Crippen molar-refractivity contribution in [2.24, 2.45) is 5.14 Å². The molecule has 1 unspecified atom stereocenters. The number of sulfonamides is 1. The monoisotopic (exact) mass is 424 g/mol. The molecule has 0 radical (unpaired) electrons. The first-order valence-corrected chi connectivity index (χ1v) is 10.6. The van der Waals surface area contributed by atoms with Gasteiger partial charge in [0.15, 0.2) is 11.5 Å². The fourth-order valence-electron chi connectivity index (χ4n) is 2.96. The lowest BCUT2D eigenvalue weighted by Gasteiger charge is -2.26. The van der Waals surface area contributed by atoms with Crippen LogP contribution in [0.4, 0.5) is 0 Å². The summed E-state index contributed by atoms with van der Waals surface area (Å²) in [4.78, 5) is 14.3. The summed E-state index contributed by atoms with van der Waals surface area (Å²) in [5.41, 5.74) is 1.37. The average Bonchev–Trinajstić information content (AvgIpc) is 2.66. The number of carbonyl (C=O) groups is 1. The minimum Gasteiger partial charge on any atom is -0.486 e. The predicted molar refractivity (Wildman–Crippen MR) is 105 cm³/mol. The number of ether oxygens (including phenoxy) is 2. The van der Waals surface area contributed by atoms with Gasteiger partial charge in [-0.05, 0) is 42.3 Å². The zero-order chi connectivity index (χ0) is 20.5. The third-order valence-electron chi connectivity index (χ3n) is 4.66. The number of amides is 1. The molecule has 0 bridgehead atoms. The van der Waals surface area contributed by atoms with Crippen LogP contribution in [0.3, 0.4) is 0 Å². The van der Waals surface area contributed by atoms with Gasteiger partial charge in [0.05, 0.1) is 22.4 Å². The molecular weight excluding hydrogens is 404 g/mol. The highest BCUT2D eigenvalue weighted by Crippen LogP contribution is 2.38. The molecule has 0 spiro atoms. The molecule has 0 fully saturated rings. The molecule has 0 saturated heterocycles. The summed E-state index contributed by atoms with van der Waals surface area (Å²) in [6.07, 6.45) is 0.117. The lowest BCUT2D eigenvalue weighted by Crippen LogP contribution is -2.31. The molecular formula is C19H21ClN2O5S. The van der Waals surface area contributed by atoms with Gasteiger partial charge in [0.25, 0.3) is 0 Å². The van der Waals surface area contributed by atoms with Crippen LogP contribution >= 0.6 is 11.6 Å². The minimum atomic E-state index is -3.81. The Morgan fingerprint density at radius 3 is 2.68 bits per heavy atom. The molecule has 0 aliphatic carbocycles. The molecule has 9 heteroatoms. The number of hydrogen-bond donors (Lipinski definition) is 1. The number of benzene rings is 2. The number of hydrogen-bond acceptors (Lipinski definition) is 5. The van der Waals surface area contributed by atoms with Crippen molar-refractivity contribution in [2.45, 2.75) is 24.3 Å². The van der Waals surface area contributed by atoms with Gasteiger partial charge in [-0.15, -0.1) is 0 Å².